The Morgan fingerprint density at radius 2 is 2.11 bits per heavy atom. The maximum atomic E-state index is 14.2. The Labute approximate surface area is 111 Å². The van der Waals surface area contributed by atoms with Crippen LogP contribution in [0.1, 0.15) is 24.0 Å². The third-order valence-electron chi connectivity index (χ3n) is 3.41. The van der Waals surface area contributed by atoms with Crippen LogP contribution in [0.5, 0.6) is 0 Å². The van der Waals surface area contributed by atoms with Crippen LogP contribution in [0.25, 0.3) is 0 Å². The number of benzene rings is 1. The number of rotatable bonds is 3. The first-order chi connectivity index (χ1) is 9.11. The second-order valence-electron chi connectivity index (χ2n) is 4.77. The molecule has 1 fully saturated rings. The maximum absolute atomic E-state index is 14.2. The van der Waals surface area contributed by atoms with E-state index in [0.717, 1.165) is 13.1 Å². The number of piperidine rings is 1. The smallest absolute Gasteiger partial charge is 0.173 e. The first-order valence-electron chi connectivity index (χ1n) is 6.27. The van der Waals surface area contributed by atoms with Crippen LogP contribution in [0.3, 0.4) is 0 Å². The van der Waals surface area contributed by atoms with Gasteiger partial charge in [-0.3, -0.25) is 4.90 Å². The third kappa shape index (κ3) is 3.21. The molecule has 1 saturated heterocycles. The van der Waals surface area contributed by atoms with E-state index >= 15 is 0 Å². The highest BCUT2D eigenvalue weighted by molar-refractivity contribution is 5.97. The van der Waals surface area contributed by atoms with Gasteiger partial charge < -0.3 is 16.0 Å². The van der Waals surface area contributed by atoms with E-state index in [-0.39, 0.29) is 17.5 Å². The molecule has 104 valence electrons. The monoisotopic (exact) mass is 267 g/mol. The summed E-state index contributed by atoms with van der Waals surface area (Å²) in [6, 6.07) is 4.85. The molecule has 1 aliphatic heterocycles. The molecule has 6 heteroatoms. The molecule has 0 aromatic heterocycles. The number of nitrogens with two attached hydrogens (primary N) is 1. The number of amidine groups is 1. The number of oxime groups is 1. The first kappa shape index (κ1) is 13.8. The molecule has 0 unspecified atom stereocenters. The lowest BCUT2D eigenvalue weighted by Gasteiger charge is -2.29. The normalized spacial score (nSPS) is 18.7. The number of likely N-dealkylation sites (tertiary alicyclic amines) is 1. The second kappa shape index (κ2) is 5.99. The molecule has 1 aliphatic rings. The van der Waals surface area contributed by atoms with Gasteiger partial charge in [-0.1, -0.05) is 17.3 Å². The molecule has 0 atom stereocenters. The van der Waals surface area contributed by atoms with Crippen LogP contribution in [0.2, 0.25) is 0 Å². The van der Waals surface area contributed by atoms with Crippen LogP contribution >= 0.6 is 0 Å². The highest BCUT2D eigenvalue weighted by Gasteiger charge is 2.19. The van der Waals surface area contributed by atoms with E-state index < -0.39 is 5.82 Å². The van der Waals surface area contributed by atoms with Crippen molar-refractivity contribution in [1.29, 1.82) is 0 Å². The van der Waals surface area contributed by atoms with Gasteiger partial charge in [-0.2, -0.15) is 0 Å². The van der Waals surface area contributed by atoms with E-state index in [1.54, 1.807) is 12.1 Å². The predicted molar refractivity (Wildman–Crippen MR) is 69.4 cm³/mol. The summed E-state index contributed by atoms with van der Waals surface area (Å²) in [6.07, 6.45) is 1.17. The van der Waals surface area contributed by atoms with Crippen molar-refractivity contribution in [2.75, 3.05) is 13.1 Å². The van der Waals surface area contributed by atoms with Crippen LogP contribution in [0.4, 0.5) is 4.39 Å². The Morgan fingerprint density at radius 1 is 1.42 bits per heavy atom. The van der Waals surface area contributed by atoms with Crippen molar-refractivity contribution < 1.29 is 14.7 Å². The lowest BCUT2D eigenvalue weighted by Crippen LogP contribution is -2.35. The fourth-order valence-electron chi connectivity index (χ4n) is 2.27. The van der Waals surface area contributed by atoms with Crippen molar-refractivity contribution in [2.45, 2.75) is 25.5 Å². The van der Waals surface area contributed by atoms with Crippen molar-refractivity contribution in [3.8, 4) is 0 Å². The molecule has 19 heavy (non-hydrogen) atoms. The molecular formula is C13H18FN3O2. The van der Waals surface area contributed by atoms with Gasteiger partial charge in [0.25, 0.3) is 0 Å². The van der Waals surface area contributed by atoms with E-state index in [1.165, 1.54) is 6.07 Å². The Kier molecular flexibility index (Phi) is 4.34. The number of halogens is 1. The molecule has 1 heterocycles. The topological polar surface area (TPSA) is 82.1 Å². The van der Waals surface area contributed by atoms with Crippen LogP contribution in [0, 0.1) is 5.82 Å². The quantitative estimate of drug-likeness (QED) is 0.328. The Bertz CT molecular complexity index is 471. The zero-order valence-corrected chi connectivity index (χ0v) is 10.6. The number of hydrogen-bond donors (Lipinski definition) is 3. The largest absolute Gasteiger partial charge is 0.409 e. The Balaban J connectivity index is 2.13. The summed E-state index contributed by atoms with van der Waals surface area (Å²) in [5.41, 5.74) is 6.05. The molecule has 1 aromatic rings. The van der Waals surface area contributed by atoms with Crippen molar-refractivity contribution in [1.82, 2.24) is 4.90 Å². The molecule has 0 aliphatic carbocycles. The average Bonchev–Trinajstić information content (AvgIpc) is 2.43. The maximum Gasteiger partial charge on any atom is 0.173 e. The highest BCUT2D eigenvalue weighted by atomic mass is 19.1. The Hall–Kier alpha value is -1.66. The molecule has 1 aromatic carbocycles. The molecular weight excluding hydrogens is 249 g/mol. The van der Waals surface area contributed by atoms with E-state index in [0.29, 0.717) is 24.9 Å². The van der Waals surface area contributed by atoms with Gasteiger partial charge in [-0.05, 0) is 18.9 Å². The second-order valence-corrected chi connectivity index (χ2v) is 4.77. The minimum atomic E-state index is -0.455. The average molecular weight is 267 g/mol. The minimum absolute atomic E-state index is 0.108. The summed E-state index contributed by atoms with van der Waals surface area (Å²) in [5.74, 6) is -0.683. The third-order valence-corrected chi connectivity index (χ3v) is 3.41. The van der Waals surface area contributed by atoms with Crippen LogP contribution in [-0.2, 0) is 6.54 Å². The summed E-state index contributed by atoms with van der Waals surface area (Å²) < 4.78 is 14.2. The predicted octanol–water partition coefficient (Wildman–Crippen LogP) is 0.877. The van der Waals surface area contributed by atoms with Gasteiger partial charge in [0.2, 0.25) is 0 Å². The van der Waals surface area contributed by atoms with Gasteiger partial charge in [0, 0.05) is 25.2 Å². The van der Waals surface area contributed by atoms with Gasteiger partial charge in [-0.25, -0.2) is 4.39 Å². The molecule has 0 spiro atoms. The lowest BCUT2D eigenvalue weighted by molar-refractivity contribution is 0.0787. The molecule has 2 rings (SSSR count). The summed E-state index contributed by atoms with van der Waals surface area (Å²) >= 11 is 0. The molecule has 4 N–H and O–H groups in total. The zero-order chi connectivity index (χ0) is 13.8. The van der Waals surface area contributed by atoms with E-state index in [9.17, 15) is 9.50 Å². The SMILES string of the molecule is N/C(=N/O)c1cccc(CN2CCC(O)CC2)c1F. The molecule has 0 amide bonds. The summed E-state index contributed by atoms with van der Waals surface area (Å²) in [5, 5.41) is 20.9. The minimum Gasteiger partial charge on any atom is -0.409 e. The van der Waals surface area contributed by atoms with E-state index in [2.05, 4.69) is 10.1 Å². The Morgan fingerprint density at radius 3 is 2.74 bits per heavy atom. The van der Waals surface area contributed by atoms with Gasteiger partial charge in [0.15, 0.2) is 5.84 Å². The van der Waals surface area contributed by atoms with Gasteiger partial charge in [0.1, 0.15) is 5.82 Å². The standard InChI is InChI=1S/C13H18FN3O2/c14-12-9(2-1-3-11(12)13(15)16-19)8-17-6-4-10(18)5-7-17/h1-3,10,18-19H,4-8H2,(H2,15,16). The molecule has 0 radical (unpaired) electrons. The molecule has 0 bridgehead atoms. The summed E-state index contributed by atoms with van der Waals surface area (Å²) in [7, 11) is 0. The summed E-state index contributed by atoms with van der Waals surface area (Å²) in [6.45, 7) is 1.95. The highest BCUT2D eigenvalue weighted by Crippen LogP contribution is 2.18. The van der Waals surface area contributed by atoms with Gasteiger partial charge in [-0.15, -0.1) is 0 Å². The number of aliphatic hydroxyl groups excluding tert-OH is 1. The van der Waals surface area contributed by atoms with Crippen molar-refractivity contribution in [3.05, 3.63) is 35.1 Å². The first-order valence-corrected chi connectivity index (χ1v) is 6.27. The van der Waals surface area contributed by atoms with Crippen LogP contribution in [0.15, 0.2) is 23.4 Å². The fourth-order valence-corrected chi connectivity index (χ4v) is 2.27. The van der Waals surface area contributed by atoms with Gasteiger partial charge >= 0.3 is 0 Å². The van der Waals surface area contributed by atoms with E-state index in [4.69, 9.17) is 10.9 Å². The van der Waals surface area contributed by atoms with Gasteiger partial charge in [0.05, 0.1) is 11.7 Å². The zero-order valence-electron chi connectivity index (χ0n) is 10.6. The molecule has 0 saturated carbocycles. The summed E-state index contributed by atoms with van der Waals surface area (Å²) in [4.78, 5) is 2.08. The van der Waals surface area contributed by atoms with Crippen LogP contribution < -0.4 is 5.73 Å². The molecule has 5 nitrogen and oxygen atoms in total. The van der Waals surface area contributed by atoms with Crippen LogP contribution in [-0.4, -0.2) is 40.2 Å². The van der Waals surface area contributed by atoms with Crippen molar-refractivity contribution in [3.63, 3.8) is 0 Å². The number of aliphatic hydroxyl groups is 1. The fraction of sp³-hybridized carbons (Fsp3) is 0.462. The van der Waals surface area contributed by atoms with Crippen molar-refractivity contribution in [2.24, 2.45) is 10.9 Å². The van der Waals surface area contributed by atoms with E-state index in [1.807, 2.05) is 0 Å². The van der Waals surface area contributed by atoms with Crippen molar-refractivity contribution >= 4 is 5.84 Å². The number of hydrogen-bond acceptors (Lipinski definition) is 4. The lowest BCUT2D eigenvalue weighted by atomic mass is 10.0. The number of nitrogens with zero attached hydrogens (tertiary/aromatic N) is 2.